The van der Waals surface area contributed by atoms with Gasteiger partial charge in [-0.3, -0.25) is 9.59 Å². The van der Waals surface area contributed by atoms with Crippen LogP contribution in [-0.4, -0.2) is 29.4 Å². The average molecular weight is 453 g/mol. The number of benzene rings is 1. The van der Waals surface area contributed by atoms with Crippen LogP contribution in [0.25, 0.3) is 11.1 Å². The van der Waals surface area contributed by atoms with Gasteiger partial charge in [-0.15, -0.1) is 11.3 Å². The largest absolute Gasteiger partial charge is 0.347 e. The van der Waals surface area contributed by atoms with E-state index in [1.165, 1.54) is 23.5 Å². The number of fused-ring (bicyclic) bond motifs is 1. The van der Waals surface area contributed by atoms with Crippen molar-refractivity contribution in [2.24, 2.45) is 5.73 Å². The fraction of sp³-hybridized carbons (Fsp3) is 0.292. The summed E-state index contributed by atoms with van der Waals surface area (Å²) in [7, 11) is 0. The average Bonchev–Trinajstić information content (AvgIpc) is 3.14. The van der Waals surface area contributed by atoms with Crippen molar-refractivity contribution < 1.29 is 14.0 Å². The molecular weight excluding hydrogens is 427 g/mol. The smallest absolute Gasteiger partial charge is 0.261 e. The molecule has 0 aliphatic carbocycles. The van der Waals surface area contributed by atoms with Crippen LogP contribution in [-0.2, 0) is 11.2 Å². The molecule has 4 rings (SSSR count). The molecule has 8 heteroatoms. The lowest BCUT2D eigenvalue weighted by molar-refractivity contribution is -0.116. The maximum absolute atomic E-state index is 13.5. The van der Waals surface area contributed by atoms with Crippen molar-refractivity contribution in [3.8, 4) is 11.1 Å². The Labute approximate surface area is 190 Å². The number of nitrogens with one attached hydrogen (secondary N) is 2. The number of carbonyl (C=O) groups excluding carboxylic acids is 2. The minimum Gasteiger partial charge on any atom is -0.347 e. The maximum Gasteiger partial charge on any atom is 0.261 e. The molecule has 4 N–H and O–H groups in total. The Morgan fingerprint density at radius 1 is 1.34 bits per heavy atom. The summed E-state index contributed by atoms with van der Waals surface area (Å²) in [6, 6.07) is 9.80. The fourth-order valence-electron chi connectivity index (χ4n) is 4.13. The predicted molar refractivity (Wildman–Crippen MR) is 124 cm³/mol. The van der Waals surface area contributed by atoms with E-state index >= 15 is 0 Å². The van der Waals surface area contributed by atoms with Gasteiger partial charge in [-0.25, -0.2) is 9.37 Å². The molecule has 2 atom stereocenters. The molecule has 0 saturated heterocycles. The van der Waals surface area contributed by atoms with E-state index in [0.717, 1.165) is 27.1 Å². The molecule has 0 spiro atoms. The molecule has 0 saturated carbocycles. The van der Waals surface area contributed by atoms with Crippen molar-refractivity contribution in [1.29, 1.82) is 0 Å². The van der Waals surface area contributed by atoms with Crippen molar-refractivity contribution in [3.05, 3.63) is 69.3 Å². The van der Waals surface area contributed by atoms with Gasteiger partial charge in [-0.05, 0) is 60.2 Å². The number of aryl methyl sites for hydroxylation is 1. The van der Waals surface area contributed by atoms with Crippen molar-refractivity contribution in [2.45, 2.75) is 38.6 Å². The first kappa shape index (κ1) is 22.1. The van der Waals surface area contributed by atoms with Gasteiger partial charge < -0.3 is 16.4 Å². The van der Waals surface area contributed by atoms with Crippen molar-refractivity contribution in [3.63, 3.8) is 0 Å². The highest BCUT2D eigenvalue weighted by Gasteiger charge is 2.27. The summed E-state index contributed by atoms with van der Waals surface area (Å²) in [4.78, 5) is 30.8. The second-order valence-electron chi connectivity index (χ2n) is 8.09. The molecule has 1 aromatic carbocycles. The van der Waals surface area contributed by atoms with Crippen LogP contribution in [0.4, 0.5) is 10.2 Å². The van der Waals surface area contributed by atoms with Crippen LogP contribution < -0.4 is 16.4 Å². The van der Waals surface area contributed by atoms with E-state index in [0.29, 0.717) is 23.5 Å². The number of hydrogen-bond donors (Lipinski definition) is 3. The standard InChI is InChI=1S/C24H25FN4O2S/c1-13-8-21(30)29-23-22(13)18(6-7-27-23)19-11-20(32-14(19)2)24(31)28-17(12-26)10-15-4-3-5-16(25)9-15/h3-7,9,11,13,17H,8,10,12,26H2,1-2H3,(H,28,31)(H,27,29,30)/t13-,17?/m0/s1. The van der Waals surface area contributed by atoms with E-state index in [1.807, 2.05) is 32.0 Å². The van der Waals surface area contributed by atoms with Crippen molar-refractivity contribution in [2.75, 3.05) is 11.9 Å². The highest BCUT2D eigenvalue weighted by atomic mass is 32.1. The lowest BCUT2D eigenvalue weighted by Gasteiger charge is -2.24. The van der Waals surface area contributed by atoms with Gasteiger partial charge >= 0.3 is 0 Å². The first-order valence-electron chi connectivity index (χ1n) is 10.5. The van der Waals surface area contributed by atoms with Gasteiger partial charge in [0.05, 0.1) is 4.88 Å². The zero-order chi connectivity index (χ0) is 22.8. The van der Waals surface area contributed by atoms with Crippen LogP contribution in [0.5, 0.6) is 0 Å². The van der Waals surface area contributed by atoms with Gasteiger partial charge in [-0.2, -0.15) is 0 Å². The number of aromatic nitrogens is 1. The van der Waals surface area contributed by atoms with Gasteiger partial charge in [0.15, 0.2) is 0 Å². The summed E-state index contributed by atoms with van der Waals surface area (Å²) in [5.74, 6) is 0.0608. The zero-order valence-electron chi connectivity index (χ0n) is 17.9. The number of rotatable bonds is 6. The van der Waals surface area contributed by atoms with Crippen LogP contribution in [0.3, 0.4) is 0 Å². The molecule has 2 amide bonds. The predicted octanol–water partition coefficient (Wildman–Crippen LogP) is 4.00. The van der Waals surface area contributed by atoms with Crippen molar-refractivity contribution >= 4 is 29.0 Å². The molecule has 1 unspecified atom stereocenters. The Hall–Kier alpha value is -3.10. The van der Waals surface area contributed by atoms with Crippen LogP contribution in [0.1, 0.15) is 44.9 Å². The van der Waals surface area contributed by atoms with Gasteiger partial charge in [0.25, 0.3) is 5.91 Å². The lowest BCUT2D eigenvalue weighted by atomic mass is 9.88. The molecule has 2 aromatic heterocycles. The van der Waals surface area contributed by atoms with E-state index in [4.69, 9.17) is 5.73 Å². The maximum atomic E-state index is 13.5. The van der Waals surface area contributed by atoms with E-state index in [2.05, 4.69) is 15.6 Å². The third kappa shape index (κ3) is 4.56. The Balaban J connectivity index is 1.57. The molecule has 0 bridgehead atoms. The second kappa shape index (κ2) is 9.18. The number of amides is 2. The Morgan fingerprint density at radius 2 is 2.16 bits per heavy atom. The first-order chi connectivity index (χ1) is 15.4. The van der Waals surface area contributed by atoms with E-state index in [-0.39, 0.29) is 36.1 Å². The normalized spacial score (nSPS) is 16.2. The van der Waals surface area contributed by atoms with Crippen LogP contribution in [0.2, 0.25) is 0 Å². The third-order valence-electron chi connectivity index (χ3n) is 5.65. The van der Waals surface area contributed by atoms with Crippen LogP contribution in [0, 0.1) is 12.7 Å². The van der Waals surface area contributed by atoms with E-state index in [1.54, 1.807) is 12.3 Å². The molecule has 3 heterocycles. The quantitative estimate of drug-likeness (QED) is 0.527. The molecular formula is C24H25FN4O2S. The molecule has 3 aromatic rings. The van der Waals surface area contributed by atoms with Crippen LogP contribution >= 0.6 is 11.3 Å². The van der Waals surface area contributed by atoms with Gasteiger partial charge in [-0.1, -0.05) is 19.1 Å². The molecule has 0 fully saturated rings. The first-order valence-corrected chi connectivity index (χ1v) is 11.3. The number of anilines is 1. The monoisotopic (exact) mass is 452 g/mol. The number of nitrogens with two attached hydrogens (primary N) is 1. The molecule has 6 nitrogen and oxygen atoms in total. The minimum atomic E-state index is -0.311. The van der Waals surface area contributed by atoms with Gasteiger partial charge in [0.2, 0.25) is 5.91 Å². The molecule has 166 valence electrons. The zero-order valence-corrected chi connectivity index (χ0v) is 18.8. The summed E-state index contributed by atoms with van der Waals surface area (Å²) in [5, 5.41) is 5.82. The Kier molecular flexibility index (Phi) is 6.34. The minimum absolute atomic E-state index is 0.0342. The topological polar surface area (TPSA) is 97.1 Å². The SMILES string of the molecule is Cc1sc(C(=O)NC(CN)Cc2cccc(F)c2)cc1-c1ccnc2c1[C@@H](C)CC(=O)N2. The number of thiophene rings is 1. The van der Waals surface area contributed by atoms with Gasteiger partial charge in [0, 0.05) is 35.6 Å². The number of halogens is 1. The van der Waals surface area contributed by atoms with E-state index < -0.39 is 0 Å². The third-order valence-corrected chi connectivity index (χ3v) is 6.70. The number of nitrogens with zero attached hydrogens (tertiary/aromatic N) is 1. The Morgan fingerprint density at radius 3 is 2.91 bits per heavy atom. The summed E-state index contributed by atoms with van der Waals surface area (Å²) in [6.45, 7) is 4.23. The fourth-order valence-corrected chi connectivity index (χ4v) is 5.07. The highest BCUT2D eigenvalue weighted by molar-refractivity contribution is 7.14. The second-order valence-corrected chi connectivity index (χ2v) is 9.35. The highest BCUT2D eigenvalue weighted by Crippen LogP contribution is 2.41. The van der Waals surface area contributed by atoms with Crippen LogP contribution in [0.15, 0.2) is 42.6 Å². The lowest BCUT2D eigenvalue weighted by Crippen LogP contribution is -2.41. The number of pyridine rings is 1. The summed E-state index contributed by atoms with van der Waals surface area (Å²) in [6.07, 6.45) is 2.53. The molecule has 1 aliphatic rings. The number of carbonyl (C=O) groups is 2. The summed E-state index contributed by atoms with van der Waals surface area (Å²) < 4.78 is 13.5. The molecule has 0 radical (unpaired) electrons. The van der Waals surface area contributed by atoms with Gasteiger partial charge in [0.1, 0.15) is 11.6 Å². The summed E-state index contributed by atoms with van der Waals surface area (Å²) >= 11 is 1.41. The molecule has 32 heavy (non-hydrogen) atoms. The number of hydrogen-bond acceptors (Lipinski definition) is 5. The summed E-state index contributed by atoms with van der Waals surface area (Å²) in [5.41, 5.74) is 9.57. The van der Waals surface area contributed by atoms with Crippen molar-refractivity contribution in [1.82, 2.24) is 10.3 Å². The molecule has 1 aliphatic heterocycles. The Bertz CT molecular complexity index is 1180. The van der Waals surface area contributed by atoms with E-state index in [9.17, 15) is 14.0 Å².